The van der Waals surface area contributed by atoms with Gasteiger partial charge >= 0.3 is 6.03 Å². The van der Waals surface area contributed by atoms with Crippen LogP contribution < -0.4 is 16.4 Å². The van der Waals surface area contributed by atoms with Crippen molar-refractivity contribution in [1.29, 1.82) is 0 Å². The largest absolute Gasteiger partial charge is 0.383 e. The highest BCUT2D eigenvalue weighted by atomic mass is 19.1. The van der Waals surface area contributed by atoms with Crippen molar-refractivity contribution in [3.8, 4) is 11.1 Å². The molecule has 0 bridgehead atoms. The van der Waals surface area contributed by atoms with Crippen LogP contribution in [0.2, 0.25) is 0 Å². The van der Waals surface area contributed by atoms with Gasteiger partial charge in [-0.25, -0.2) is 19.2 Å². The number of carbonyl (C=O) groups excluding carboxylic acids is 1. The molecule has 0 saturated heterocycles. The van der Waals surface area contributed by atoms with Gasteiger partial charge in [-0.3, -0.25) is 5.32 Å². The molecule has 0 spiro atoms. The van der Waals surface area contributed by atoms with E-state index in [0.29, 0.717) is 22.8 Å². The molecule has 0 unspecified atom stereocenters. The number of anilines is 3. The smallest absolute Gasteiger partial charge is 0.326 e. The second-order valence-corrected chi connectivity index (χ2v) is 9.40. The predicted molar refractivity (Wildman–Crippen MR) is 126 cm³/mol. The van der Waals surface area contributed by atoms with E-state index in [0.717, 1.165) is 49.0 Å². The average Bonchev–Trinajstić information content (AvgIpc) is 3.39. The van der Waals surface area contributed by atoms with Gasteiger partial charge in [0.2, 0.25) is 5.88 Å². The third-order valence-electron chi connectivity index (χ3n) is 6.93. The van der Waals surface area contributed by atoms with Crippen LogP contribution in [-0.4, -0.2) is 25.7 Å². The fourth-order valence-corrected chi connectivity index (χ4v) is 4.59. The average molecular weight is 462 g/mol. The lowest BCUT2D eigenvalue weighted by Gasteiger charge is -2.35. The van der Waals surface area contributed by atoms with Crippen molar-refractivity contribution in [3.63, 3.8) is 0 Å². The molecule has 2 saturated carbocycles. The summed E-state index contributed by atoms with van der Waals surface area (Å²) in [6.07, 6.45) is 8.78. The lowest BCUT2D eigenvalue weighted by atomic mass is 9.68. The fraction of sp³-hybridized carbons (Fsp3) is 0.333. The second kappa shape index (κ2) is 7.54. The number of amides is 2. The normalized spacial score (nSPS) is 16.9. The highest BCUT2D eigenvalue weighted by Crippen LogP contribution is 2.43. The van der Waals surface area contributed by atoms with Gasteiger partial charge in [-0.2, -0.15) is 0 Å². The Bertz CT molecular complexity index is 1420. The first kappa shape index (κ1) is 20.6. The van der Waals surface area contributed by atoms with Crippen molar-refractivity contribution in [1.82, 2.24) is 19.7 Å². The summed E-state index contributed by atoms with van der Waals surface area (Å²) in [5.41, 5.74) is 9.13. The molecule has 6 rings (SSSR count). The third-order valence-corrected chi connectivity index (χ3v) is 6.93. The zero-order valence-electron chi connectivity index (χ0n) is 18.6. The maximum atomic E-state index is 15.0. The number of halogens is 1. The van der Waals surface area contributed by atoms with Gasteiger partial charge in [0.05, 0.1) is 16.8 Å². The van der Waals surface area contributed by atoms with Crippen molar-refractivity contribution in [2.45, 2.75) is 50.5 Å². The van der Waals surface area contributed by atoms with E-state index in [1.54, 1.807) is 12.1 Å². The molecular formula is C24H24FN7O2. The number of benzene rings is 1. The van der Waals surface area contributed by atoms with Crippen molar-refractivity contribution < 1.29 is 13.7 Å². The summed E-state index contributed by atoms with van der Waals surface area (Å²) < 4.78 is 22.3. The van der Waals surface area contributed by atoms with Gasteiger partial charge in [-0.15, -0.1) is 0 Å². The minimum Gasteiger partial charge on any atom is -0.383 e. The van der Waals surface area contributed by atoms with Crippen LogP contribution >= 0.6 is 0 Å². The summed E-state index contributed by atoms with van der Waals surface area (Å²) in [6, 6.07) is 6.12. The standard InChI is InChI=1S/C24H24FN7O2/c1-24(7-2-8-24)18-10-19(34-31-18)30-23(33)29-17-6-3-13(9-16(17)25)15-11-32(14-4-5-14)22-20(15)21(26)27-12-28-22/h3,6,9-12,14H,2,4-5,7-8H2,1H3,(H2,26,27,28)(H2,29,30,33). The van der Waals surface area contributed by atoms with Gasteiger partial charge in [-0.1, -0.05) is 24.6 Å². The van der Waals surface area contributed by atoms with Crippen LogP contribution in [0.1, 0.15) is 50.8 Å². The van der Waals surface area contributed by atoms with Gasteiger partial charge < -0.3 is 20.1 Å². The first-order valence-corrected chi connectivity index (χ1v) is 11.4. The summed E-state index contributed by atoms with van der Waals surface area (Å²) >= 11 is 0. The summed E-state index contributed by atoms with van der Waals surface area (Å²) in [5, 5.41) is 9.88. The number of aromatic nitrogens is 4. The van der Waals surface area contributed by atoms with Gasteiger partial charge in [0.15, 0.2) is 0 Å². The first-order chi connectivity index (χ1) is 16.4. The number of nitrogens with zero attached hydrogens (tertiary/aromatic N) is 4. The molecule has 9 nitrogen and oxygen atoms in total. The summed E-state index contributed by atoms with van der Waals surface area (Å²) in [7, 11) is 0. The van der Waals surface area contributed by atoms with E-state index in [-0.39, 0.29) is 17.0 Å². The van der Waals surface area contributed by atoms with Gasteiger partial charge in [-0.05, 0) is 43.4 Å². The van der Waals surface area contributed by atoms with Gasteiger partial charge in [0.25, 0.3) is 0 Å². The molecule has 2 aliphatic rings. The lowest BCUT2D eigenvalue weighted by Crippen LogP contribution is -2.30. The van der Waals surface area contributed by atoms with Crippen LogP contribution in [0.15, 0.2) is 41.3 Å². The topological polar surface area (TPSA) is 124 Å². The fourth-order valence-electron chi connectivity index (χ4n) is 4.59. The number of urea groups is 1. The van der Waals surface area contributed by atoms with Crippen molar-refractivity contribution in [3.05, 3.63) is 48.3 Å². The highest BCUT2D eigenvalue weighted by molar-refractivity contribution is 6.02. The monoisotopic (exact) mass is 461 g/mol. The molecule has 0 atom stereocenters. The van der Waals surface area contributed by atoms with E-state index < -0.39 is 11.8 Å². The Hall–Kier alpha value is -3.95. The van der Waals surface area contributed by atoms with E-state index >= 15 is 0 Å². The number of hydrogen-bond donors (Lipinski definition) is 3. The Kier molecular flexibility index (Phi) is 4.58. The maximum absolute atomic E-state index is 15.0. The van der Waals surface area contributed by atoms with Crippen molar-refractivity contribution in [2.75, 3.05) is 16.4 Å². The molecule has 2 amide bonds. The number of hydrogen-bond acceptors (Lipinski definition) is 6. The summed E-state index contributed by atoms with van der Waals surface area (Å²) in [6.45, 7) is 2.12. The zero-order chi connectivity index (χ0) is 23.4. The van der Waals surface area contributed by atoms with Crippen LogP contribution in [0.5, 0.6) is 0 Å². The molecular weight excluding hydrogens is 437 g/mol. The molecule has 1 aromatic carbocycles. The van der Waals surface area contributed by atoms with E-state index in [9.17, 15) is 9.18 Å². The molecule has 4 aromatic rings. The third kappa shape index (κ3) is 3.46. The van der Waals surface area contributed by atoms with Crippen LogP contribution in [0.4, 0.5) is 26.6 Å². The predicted octanol–water partition coefficient (Wildman–Crippen LogP) is 5.23. The van der Waals surface area contributed by atoms with Gasteiger partial charge in [0.1, 0.15) is 23.6 Å². The molecule has 2 aliphatic carbocycles. The highest BCUT2D eigenvalue weighted by Gasteiger charge is 2.36. The second-order valence-electron chi connectivity index (χ2n) is 9.40. The van der Waals surface area contributed by atoms with Crippen LogP contribution in [0.3, 0.4) is 0 Å². The number of rotatable bonds is 5. The Balaban J connectivity index is 1.22. The Morgan fingerprint density at radius 2 is 2.06 bits per heavy atom. The quantitative estimate of drug-likeness (QED) is 0.374. The van der Waals surface area contributed by atoms with E-state index in [1.165, 1.54) is 18.5 Å². The SMILES string of the molecule is CC1(c2cc(NC(=O)Nc3ccc(-c4cn(C5CC5)c5ncnc(N)c45)cc3F)on2)CCC1. The molecule has 10 heteroatoms. The molecule has 2 fully saturated rings. The number of nitrogens with two attached hydrogens (primary N) is 1. The Labute approximate surface area is 194 Å². The zero-order valence-corrected chi connectivity index (χ0v) is 18.6. The minimum absolute atomic E-state index is 0.00108. The number of fused-ring (bicyclic) bond motifs is 1. The number of nitrogens with one attached hydrogen (secondary N) is 2. The van der Waals surface area contributed by atoms with Crippen LogP contribution in [0.25, 0.3) is 22.2 Å². The summed E-state index contributed by atoms with van der Waals surface area (Å²) in [5.74, 6) is 0.000203. The van der Waals surface area contributed by atoms with Crippen LogP contribution in [-0.2, 0) is 5.41 Å². The van der Waals surface area contributed by atoms with E-state index in [1.807, 2.05) is 6.20 Å². The van der Waals surface area contributed by atoms with Gasteiger partial charge in [0, 0.05) is 29.3 Å². The molecule has 4 N–H and O–H groups in total. The molecule has 0 aliphatic heterocycles. The molecule has 174 valence electrons. The molecule has 3 aromatic heterocycles. The lowest BCUT2D eigenvalue weighted by molar-refractivity contribution is 0.251. The minimum atomic E-state index is -0.615. The number of nitrogen functional groups attached to an aromatic ring is 1. The van der Waals surface area contributed by atoms with E-state index in [4.69, 9.17) is 10.3 Å². The van der Waals surface area contributed by atoms with Crippen molar-refractivity contribution >= 4 is 34.5 Å². The molecule has 0 radical (unpaired) electrons. The van der Waals surface area contributed by atoms with Crippen LogP contribution in [0, 0.1) is 5.82 Å². The van der Waals surface area contributed by atoms with E-state index in [2.05, 4.69) is 37.2 Å². The molecule has 34 heavy (non-hydrogen) atoms. The Morgan fingerprint density at radius 1 is 1.24 bits per heavy atom. The Morgan fingerprint density at radius 3 is 2.76 bits per heavy atom. The molecule has 3 heterocycles. The van der Waals surface area contributed by atoms with Crippen molar-refractivity contribution in [2.24, 2.45) is 0 Å². The number of carbonyl (C=O) groups is 1. The summed E-state index contributed by atoms with van der Waals surface area (Å²) in [4.78, 5) is 20.9. The maximum Gasteiger partial charge on any atom is 0.326 e. The first-order valence-electron chi connectivity index (χ1n) is 11.4.